The van der Waals surface area contributed by atoms with Crippen LogP contribution in [0.2, 0.25) is 0 Å². The summed E-state index contributed by atoms with van der Waals surface area (Å²) >= 11 is 3.03. The van der Waals surface area contributed by atoms with Crippen molar-refractivity contribution in [2.24, 2.45) is 0 Å². The summed E-state index contributed by atoms with van der Waals surface area (Å²) in [4.78, 5) is 24.4. The van der Waals surface area contributed by atoms with Crippen molar-refractivity contribution in [1.82, 2.24) is 4.90 Å². The molecule has 8 heteroatoms. The Morgan fingerprint density at radius 2 is 1.95 bits per heavy atom. The third kappa shape index (κ3) is 4.73. The minimum Gasteiger partial charge on any atom is -0.465 e. The van der Waals surface area contributed by atoms with Crippen LogP contribution in [0.4, 0.5) is 13.2 Å². The molecule has 1 amide bonds. The van der Waals surface area contributed by atoms with Gasteiger partial charge in [0.2, 0.25) is 0 Å². The number of esters is 1. The van der Waals surface area contributed by atoms with Gasteiger partial charge in [-0.3, -0.25) is 9.59 Å². The van der Waals surface area contributed by atoms with Crippen molar-refractivity contribution in [1.29, 1.82) is 0 Å². The van der Waals surface area contributed by atoms with Gasteiger partial charge in [0.05, 0.1) is 17.7 Å². The first kappa shape index (κ1) is 17.5. The molecular weight excluding hydrogens is 355 g/mol. The van der Waals surface area contributed by atoms with Crippen molar-refractivity contribution in [3.05, 3.63) is 33.8 Å². The first-order valence-corrected chi connectivity index (χ1v) is 6.74. The van der Waals surface area contributed by atoms with E-state index < -0.39 is 23.6 Å². The number of carbonyl (C=O) groups is 2. The van der Waals surface area contributed by atoms with Gasteiger partial charge in [-0.2, -0.15) is 13.2 Å². The maximum atomic E-state index is 12.7. The molecule has 0 aliphatic heterocycles. The van der Waals surface area contributed by atoms with Crippen molar-refractivity contribution < 1.29 is 27.5 Å². The summed E-state index contributed by atoms with van der Waals surface area (Å²) in [7, 11) is 1.31. The van der Waals surface area contributed by atoms with Gasteiger partial charge in [0.1, 0.15) is 6.54 Å². The minimum absolute atomic E-state index is 0.161. The number of hydrogen-bond donors (Lipinski definition) is 0. The van der Waals surface area contributed by atoms with E-state index in [9.17, 15) is 22.8 Å². The second kappa shape index (κ2) is 6.93. The molecule has 0 bridgehead atoms. The average Bonchev–Trinajstić information content (AvgIpc) is 2.37. The molecule has 0 saturated carbocycles. The maximum Gasteiger partial charge on any atom is 0.416 e. The van der Waals surface area contributed by atoms with E-state index >= 15 is 0 Å². The lowest BCUT2D eigenvalue weighted by Gasteiger charge is -2.18. The number of ether oxygens (including phenoxy) is 1. The molecule has 0 spiro atoms. The Balaban J connectivity index is 2.98. The summed E-state index contributed by atoms with van der Waals surface area (Å²) in [6.07, 6.45) is -4.55. The van der Waals surface area contributed by atoms with Crippen LogP contribution >= 0.6 is 15.9 Å². The Kier molecular flexibility index (Phi) is 5.77. The number of rotatable bonds is 4. The van der Waals surface area contributed by atoms with Crippen LogP contribution in [-0.2, 0) is 15.7 Å². The van der Waals surface area contributed by atoms with E-state index in [-0.39, 0.29) is 23.2 Å². The van der Waals surface area contributed by atoms with Gasteiger partial charge in [-0.1, -0.05) is 0 Å². The molecule has 4 nitrogen and oxygen atoms in total. The molecule has 1 aromatic rings. The van der Waals surface area contributed by atoms with Gasteiger partial charge in [0.25, 0.3) is 5.91 Å². The van der Waals surface area contributed by atoms with E-state index in [0.717, 1.165) is 23.1 Å². The molecule has 0 unspecified atom stereocenters. The van der Waals surface area contributed by atoms with Crippen LogP contribution in [0.3, 0.4) is 0 Å². The zero-order valence-corrected chi connectivity index (χ0v) is 12.9. The molecule has 116 valence electrons. The normalized spacial score (nSPS) is 11.1. The predicted octanol–water partition coefficient (Wildman–Crippen LogP) is 3.10. The monoisotopic (exact) mass is 367 g/mol. The minimum atomic E-state index is -4.55. The molecule has 0 fully saturated rings. The lowest BCUT2D eigenvalue weighted by Crippen LogP contribution is -2.33. The fraction of sp³-hybridized carbons (Fsp3) is 0.385. The molecule has 0 heterocycles. The smallest absolute Gasteiger partial charge is 0.416 e. The Hall–Kier alpha value is -1.57. The average molecular weight is 368 g/mol. The molecule has 0 aliphatic rings. The highest BCUT2D eigenvalue weighted by atomic mass is 79.9. The van der Waals surface area contributed by atoms with Crippen LogP contribution in [0.5, 0.6) is 0 Å². The van der Waals surface area contributed by atoms with Gasteiger partial charge in [0.15, 0.2) is 0 Å². The highest BCUT2D eigenvalue weighted by Gasteiger charge is 2.32. The lowest BCUT2D eigenvalue weighted by atomic mass is 10.1. The van der Waals surface area contributed by atoms with E-state index in [1.165, 1.54) is 7.05 Å². The van der Waals surface area contributed by atoms with Gasteiger partial charge in [-0.05, 0) is 41.1 Å². The van der Waals surface area contributed by atoms with Crippen molar-refractivity contribution in [3.63, 3.8) is 0 Å². The van der Waals surface area contributed by atoms with Gasteiger partial charge < -0.3 is 9.64 Å². The summed E-state index contributed by atoms with van der Waals surface area (Å²) in [5, 5.41) is 0. The highest BCUT2D eigenvalue weighted by molar-refractivity contribution is 9.10. The SMILES string of the molecule is CCOC(=O)CN(C)C(=O)c1cc(C(F)(F)F)ccc1Br. The van der Waals surface area contributed by atoms with Gasteiger partial charge >= 0.3 is 12.1 Å². The van der Waals surface area contributed by atoms with Crippen LogP contribution in [0.25, 0.3) is 0 Å². The van der Waals surface area contributed by atoms with E-state index in [0.29, 0.717) is 0 Å². The van der Waals surface area contributed by atoms with Crippen molar-refractivity contribution >= 4 is 27.8 Å². The topological polar surface area (TPSA) is 46.6 Å². The maximum absolute atomic E-state index is 12.7. The molecule has 21 heavy (non-hydrogen) atoms. The Morgan fingerprint density at radius 3 is 2.48 bits per heavy atom. The molecule has 0 aliphatic carbocycles. The van der Waals surface area contributed by atoms with E-state index in [1.54, 1.807) is 6.92 Å². The number of nitrogens with zero attached hydrogens (tertiary/aromatic N) is 1. The van der Waals surface area contributed by atoms with Crippen LogP contribution in [0.1, 0.15) is 22.8 Å². The molecule has 0 atom stereocenters. The molecule has 0 saturated heterocycles. The van der Waals surface area contributed by atoms with Crippen LogP contribution < -0.4 is 0 Å². The fourth-order valence-corrected chi connectivity index (χ4v) is 1.96. The first-order valence-electron chi connectivity index (χ1n) is 5.94. The van der Waals surface area contributed by atoms with Crippen LogP contribution in [-0.4, -0.2) is 37.0 Å². The standard InChI is InChI=1S/C13H13BrF3NO3/c1-3-21-11(19)7-18(2)12(20)9-6-8(13(15,16)17)4-5-10(9)14/h4-6H,3,7H2,1-2H3. The molecule has 0 aromatic heterocycles. The molecular formula is C13H13BrF3NO3. The van der Waals surface area contributed by atoms with E-state index in [4.69, 9.17) is 0 Å². The number of benzene rings is 1. The quantitative estimate of drug-likeness (QED) is 0.768. The van der Waals surface area contributed by atoms with Gasteiger partial charge in [-0.15, -0.1) is 0 Å². The number of alkyl halides is 3. The summed E-state index contributed by atoms with van der Waals surface area (Å²) in [6.45, 7) is 1.44. The van der Waals surface area contributed by atoms with Crippen molar-refractivity contribution in [2.75, 3.05) is 20.2 Å². The Morgan fingerprint density at radius 1 is 1.33 bits per heavy atom. The summed E-state index contributed by atoms with van der Waals surface area (Å²) in [5.41, 5.74) is -1.10. The number of halogens is 4. The number of carbonyl (C=O) groups excluding carboxylic acids is 2. The van der Waals surface area contributed by atoms with Crippen molar-refractivity contribution in [3.8, 4) is 0 Å². The predicted molar refractivity (Wildman–Crippen MR) is 72.7 cm³/mol. The highest BCUT2D eigenvalue weighted by Crippen LogP contribution is 2.32. The Bertz CT molecular complexity index is 546. The summed E-state index contributed by atoms with van der Waals surface area (Å²) in [6, 6.07) is 2.76. The zero-order chi connectivity index (χ0) is 16.2. The van der Waals surface area contributed by atoms with E-state index in [2.05, 4.69) is 20.7 Å². The molecule has 0 radical (unpaired) electrons. The second-order valence-electron chi connectivity index (χ2n) is 4.16. The Labute approximate surface area is 128 Å². The van der Waals surface area contributed by atoms with Crippen LogP contribution in [0, 0.1) is 0 Å². The lowest BCUT2D eigenvalue weighted by molar-refractivity contribution is -0.143. The molecule has 0 N–H and O–H groups in total. The summed E-state index contributed by atoms with van der Waals surface area (Å²) < 4.78 is 42.9. The number of likely N-dealkylation sites (N-methyl/N-ethyl adjacent to an activating group) is 1. The zero-order valence-electron chi connectivity index (χ0n) is 11.3. The molecule has 1 aromatic carbocycles. The van der Waals surface area contributed by atoms with Gasteiger partial charge in [-0.25, -0.2) is 0 Å². The summed E-state index contributed by atoms with van der Waals surface area (Å²) in [5.74, 6) is -1.34. The first-order chi connectivity index (χ1) is 9.66. The van der Waals surface area contributed by atoms with Gasteiger partial charge in [0, 0.05) is 11.5 Å². The number of hydrogen-bond acceptors (Lipinski definition) is 3. The molecule has 1 rings (SSSR count). The van der Waals surface area contributed by atoms with Crippen LogP contribution in [0.15, 0.2) is 22.7 Å². The van der Waals surface area contributed by atoms with Crippen molar-refractivity contribution in [2.45, 2.75) is 13.1 Å². The third-order valence-corrected chi connectivity index (χ3v) is 3.23. The fourth-order valence-electron chi connectivity index (χ4n) is 1.54. The van der Waals surface area contributed by atoms with E-state index in [1.807, 2.05) is 0 Å². The second-order valence-corrected chi connectivity index (χ2v) is 5.01. The number of amides is 1. The largest absolute Gasteiger partial charge is 0.465 e. The third-order valence-electron chi connectivity index (χ3n) is 2.54.